The van der Waals surface area contributed by atoms with Gasteiger partial charge in [-0.3, -0.25) is 5.10 Å². The minimum Gasteiger partial charge on any atom is -0.305 e. The molecule has 0 aliphatic rings. The quantitative estimate of drug-likeness (QED) is 0.823. The summed E-state index contributed by atoms with van der Waals surface area (Å²) in [6.07, 6.45) is 1.77. The summed E-state index contributed by atoms with van der Waals surface area (Å²) >= 11 is 0. The van der Waals surface area contributed by atoms with E-state index in [1.165, 1.54) is 11.1 Å². The lowest BCUT2D eigenvalue weighted by atomic mass is 10.1. The lowest BCUT2D eigenvalue weighted by molar-refractivity contribution is 0.567. The van der Waals surface area contributed by atoms with Crippen LogP contribution in [0.4, 0.5) is 0 Å². The molecule has 16 heavy (non-hydrogen) atoms. The standard InChI is InChI=1S/C13H17N3/c1-10-3-5-12(6-4-10)11(2)14-9-13-7-8-15-16-13/h3-8,11,14H,9H2,1-2H3,(H,15,16)/t11-/m0/s1. The van der Waals surface area contributed by atoms with Crippen LogP contribution in [0.3, 0.4) is 0 Å². The molecule has 0 aliphatic heterocycles. The van der Waals surface area contributed by atoms with Gasteiger partial charge in [-0.15, -0.1) is 0 Å². The molecule has 0 fully saturated rings. The van der Waals surface area contributed by atoms with Gasteiger partial charge < -0.3 is 5.32 Å². The van der Waals surface area contributed by atoms with Crippen molar-refractivity contribution in [2.75, 3.05) is 0 Å². The summed E-state index contributed by atoms with van der Waals surface area (Å²) in [6.45, 7) is 5.09. The molecule has 0 saturated heterocycles. The first-order valence-corrected chi connectivity index (χ1v) is 5.54. The Bertz CT molecular complexity index is 417. The van der Waals surface area contributed by atoms with Crippen molar-refractivity contribution in [3.63, 3.8) is 0 Å². The van der Waals surface area contributed by atoms with E-state index in [-0.39, 0.29) is 0 Å². The molecule has 2 rings (SSSR count). The van der Waals surface area contributed by atoms with E-state index in [2.05, 4.69) is 53.6 Å². The second kappa shape index (κ2) is 4.94. The number of H-pyrrole nitrogens is 1. The average Bonchev–Trinajstić information content (AvgIpc) is 2.80. The second-order valence-corrected chi connectivity index (χ2v) is 4.10. The average molecular weight is 215 g/mol. The van der Waals surface area contributed by atoms with Crippen LogP contribution in [0, 0.1) is 6.92 Å². The molecule has 1 aromatic heterocycles. The molecule has 0 radical (unpaired) electrons. The summed E-state index contributed by atoms with van der Waals surface area (Å²) < 4.78 is 0. The van der Waals surface area contributed by atoms with Crippen LogP contribution in [-0.4, -0.2) is 10.2 Å². The fraction of sp³-hybridized carbons (Fsp3) is 0.308. The molecule has 0 saturated carbocycles. The van der Waals surface area contributed by atoms with Crippen molar-refractivity contribution in [1.29, 1.82) is 0 Å². The maximum absolute atomic E-state index is 3.92. The molecule has 0 spiro atoms. The van der Waals surface area contributed by atoms with E-state index in [1.807, 2.05) is 6.07 Å². The molecule has 3 nitrogen and oxygen atoms in total. The molecule has 2 N–H and O–H groups in total. The maximum Gasteiger partial charge on any atom is 0.0490 e. The summed E-state index contributed by atoms with van der Waals surface area (Å²) in [5.74, 6) is 0. The Morgan fingerprint density at radius 1 is 1.25 bits per heavy atom. The summed E-state index contributed by atoms with van der Waals surface area (Å²) in [6, 6.07) is 11.0. The number of rotatable bonds is 4. The third-order valence-corrected chi connectivity index (χ3v) is 2.73. The number of benzene rings is 1. The Kier molecular flexibility index (Phi) is 3.37. The van der Waals surface area contributed by atoms with Crippen LogP contribution in [-0.2, 0) is 6.54 Å². The zero-order chi connectivity index (χ0) is 11.4. The molecular weight excluding hydrogens is 198 g/mol. The minimum atomic E-state index is 0.351. The Morgan fingerprint density at radius 2 is 2.00 bits per heavy atom. The van der Waals surface area contributed by atoms with Gasteiger partial charge in [0.25, 0.3) is 0 Å². The molecule has 84 valence electrons. The molecule has 0 aliphatic carbocycles. The van der Waals surface area contributed by atoms with Crippen LogP contribution in [0.25, 0.3) is 0 Å². The Balaban J connectivity index is 1.93. The predicted octanol–water partition coefficient (Wildman–Crippen LogP) is 2.57. The van der Waals surface area contributed by atoms with Crippen LogP contribution < -0.4 is 5.32 Å². The van der Waals surface area contributed by atoms with Gasteiger partial charge in [0.1, 0.15) is 0 Å². The Labute approximate surface area is 95.9 Å². The predicted molar refractivity (Wildman–Crippen MR) is 65.0 cm³/mol. The third-order valence-electron chi connectivity index (χ3n) is 2.73. The molecule has 0 unspecified atom stereocenters. The van der Waals surface area contributed by atoms with Crippen LogP contribution in [0.2, 0.25) is 0 Å². The van der Waals surface area contributed by atoms with Gasteiger partial charge in [-0.1, -0.05) is 29.8 Å². The fourth-order valence-electron chi connectivity index (χ4n) is 1.62. The SMILES string of the molecule is Cc1ccc([C@H](C)NCc2ccn[nH]2)cc1. The Hall–Kier alpha value is -1.61. The lowest BCUT2D eigenvalue weighted by Crippen LogP contribution is -2.18. The van der Waals surface area contributed by atoms with E-state index < -0.39 is 0 Å². The first-order valence-electron chi connectivity index (χ1n) is 5.54. The number of aryl methyl sites for hydroxylation is 1. The molecule has 0 bridgehead atoms. The summed E-state index contributed by atoms with van der Waals surface area (Å²) in [7, 11) is 0. The smallest absolute Gasteiger partial charge is 0.0490 e. The monoisotopic (exact) mass is 215 g/mol. The highest BCUT2D eigenvalue weighted by molar-refractivity contribution is 5.23. The van der Waals surface area contributed by atoms with Gasteiger partial charge in [-0.2, -0.15) is 5.10 Å². The largest absolute Gasteiger partial charge is 0.305 e. The van der Waals surface area contributed by atoms with E-state index in [0.717, 1.165) is 12.2 Å². The van der Waals surface area contributed by atoms with E-state index in [1.54, 1.807) is 6.20 Å². The number of nitrogens with zero attached hydrogens (tertiary/aromatic N) is 1. The fourth-order valence-corrected chi connectivity index (χ4v) is 1.62. The van der Waals surface area contributed by atoms with Crippen molar-refractivity contribution in [2.45, 2.75) is 26.4 Å². The summed E-state index contributed by atoms with van der Waals surface area (Å²) in [5.41, 5.74) is 3.72. The van der Waals surface area contributed by atoms with E-state index in [4.69, 9.17) is 0 Å². The Morgan fingerprint density at radius 3 is 2.62 bits per heavy atom. The van der Waals surface area contributed by atoms with Gasteiger partial charge >= 0.3 is 0 Å². The van der Waals surface area contributed by atoms with Crippen LogP contribution in [0.5, 0.6) is 0 Å². The second-order valence-electron chi connectivity index (χ2n) is 4.10. The van der Waals surface area contributed by atoms with E-state index in [0.29, 0.717) is 6.04 Å². The molecule has 2 aromatic rings. The van der Waals surface area contributed by atoms with E-state index >= 15 is 0 Å². The topological polar surface area (TPSA) is 40.7 Å². The number of nitrogens with one attached hydrogen (secondary N) is 2. The van der Waals surface area contributed by atoms with Crippen molar-refractivity contribution in [1.82, 2.24) is 15.5 Å². The van der Waals surface area contributed by atoms with Gasteiger partial charge in [-0.25, -0.2) is 0 Å². The lowest BCUT2D eigenvalue weighted by Gasteiger charge is -2.13. The molecule has 0 amide bonds. The van der Waals surface area contributed by atoms with Crippen molar-refractivity contribution in [2.24, 2.45) is 0 Å². The highest BCUT2D eigenvalue weighted by Crippen LogP contribution is 2.13. The number of aromatic amines is 1. The van der Waals surface area contributed by atoms with Crippen LogP contribution in [0.1, 0.15) is 29.8 Å². The maximum atomic E-state index is 3.92. The van der Waals surface area contributed by atoms with Gasteiger partial charge in [0.15, 0.2) is 0 Å². The molecule has 1 heterocycles. The normalized spacial score (nSPS) is 12.6. The molecular formula is C13H17N3. The van der Waals surface area contributed by atoms with Gasteiger partial charge in [0.2, 0.25) is 0 Å². The van der Waals surface area contributed by atoms with Gasteiger partial charge in [0.05, 0.1) is 0 Å². The van der Waals surface area contributed by atoms with Crippen LogP contribution in [0.15, 0.2) is 36.5 Å². The summed E-state index contributed by atoms with van der Waals surface area (Å²) in [5, 5.41) is 10.3. The number of hydrogen-bond acceptors (Lipinski definition) is 2. The molecule has 1 aromatic carbocycles. The van der Waals surface area contributed by atoms with Gasteiger partial charge in [0, 0.05) is 24.5 Å². The van der Waals surface area contributed by atoms with Crippen molar-refractivity contribution in [3.8, 4) is 0 Å². The van der Waals surface area contributed by atoms with E-state index in [9.17, 15) is 0 Å². The zero-order valence-electron chi connectivity index (χ0n) is 9.70. The third kappa shape index (κ3) is 2.70. The number of aromatic nitrogens is 2. The van der Waals surface area contributed by atoms with Crippen molar-refractivity contribution >= 4 is 0 Å². The zero-order valence-corrected chi connectivity index (χ0v) is 9.70. The molecule has 3 heteroatoms. The highest BCUT2D eigenvalue weighted by atomic mass is 15.1. The first-order chi connectivity index (χ1) is 7.75. The summed E-state index contributed by atoms with van der Waals surface area (Å²) in [4.78, 5) is 0. The minimum absolute atomic E-state index is 0.351. The van der Waals surface area contributed by atoms with Crippen molar-refractivity contribution < 1.29 is 0 Å². The van der Waals surface area contributed by atoms with Crippen molar-refractivity contribution in [3.05, 3.63) is 53.3 Å². The number of hydrogen-bond donors (Lipinski definition) is 2. The highest BCUT2D eigenvalue weighted by Gasteiger charge is 2.04. The molecule has 1 atom stereocenters. The van der Waals surface area contributed by atoms with Gasteiger partial charge in [-0.05, 0) is 25.5 Å². The van der Waals surface area contributed by atoms with Crippen LogP contribution >= 0.6 is 0 Å². The first kappa shape index (κ1) is 10.9.